The number of aromatic nitrogens is 2. The molecule has 29 heavy (non-hydrogen) atoms. The van der Waals surface area contributed by atoms with Crippen LogP contribution in [0.15, 0.2) is 30.5 Å². The molecule has 1 aliphatic heterocycles. The van der Waals surface area contributed by atoms with Crippen molar-refractivity contribution in [3.05, 3.63) is 53.1 Å². The van der Waals surface area contributed by atoms with Crippen molar-refractivity contribution in [2.75, 3.05) is 6.54 Å². The summed E-state index contributed by atoms with van der Waals surface area (Å²) in [6, 6.07) is 9.49. The Balaban J connectivity index is 1.76. The fourth-order valence-electron chi connectivity index (χ4n) is 5.34. The van der Waals surface area contributed by atoms with Crippen LogP contribution in [0.3, 0.4) is 0 Å². The molecule has 4 rings (SSSR count). The minimum absolute atomic E-state index is 0.0859. The van der Waals surface area contributed by atoms with Gasteiger partial charge >= 0.3 is 0 Å². The van der Waals surface area contributed by atoms with Crippen LogP contribution in [0.2, 0.25) is 0 Å². The Morgan fingerprint density at radius 1 is 1.17 bits per heavy atom. The molecule has 0 aromatic carbocycles. The standard InChI is InChI=1S/C24H34N4S/c1-16(2)15-27-23(22(26-24(27)29)21-12-8-9-13-25-21)20-14-17(3)28(18(20)4)19-10-6-5-7-11-19/h8-9,12-14,16,19,22-23H,5-7,10-11,15H2,1-4H3,(H,26,29)/t22-,23-/m1/s1. The number of pyridine rings is 1. The zero-order valence-electron chi connectivity index (χ0n) is 18.2. The lowest BCUT2D eigenvalue weighted by Gasteiger charge is -2.30. The molecule has 0 spiro atoms. The predicted octanol–water partition coefficient (Wildman–Crippen LogP) is 5.63. The van der Waals surface area contributed by atoms with Crippen molar-refractivity contribution in [2.45, 2.75) is 77.9 Å². The van der Waals surface area contributed by atoms with Gasteiger partial charge in [-0.2, -0.15) is 0 Å². The third-order valence-corrected chi connectivity index (χ3v) is 6.89. The van der Waals surface area contributed by atoms with Gasteiger partial charge in [-0.1, -0.05) is 39.2 Å². The van der Waals surface area contributed by atoms with Gasteiger partial charge in [-0.15, -0.1) is 0 Å². The molecule has 1 aliphatic carbocycles. The SMILES string of the molecule is Cc1cc([C@@H]2[C@@H](c3ccccn3)NC(=S)N2CC(C)C)c(C)n1C1CCCCC1. The van der Waals surface area contributed by atoms with E-state index in [-0.39, 0.29) is 12.1 Å². The highest BCUT2D eigenvalue weighted by molar-refractivity contribution is 7.80. The Labute approximate surface area is 180 Å². The molecule has 2 aromatic rings. The Morgan fingerprint density at radius 3 is 2.59 bits per heavy atom. The maximum atomic E-state index is 5.80. The zero-order valence-corrected chi connectivity index (χ0v) is 19.0. The summed E-state index contributed by atoms with van der Waals surface area (Å²) in [5.74, 6) is 0.543. The predicted molar refractivity (Wildman–Crippen MR) is 123 cm³/mol. The second-order valence-corrected chi connectivity index (χ2v) is 9.55. The lowest BCUT2D eigenvalue weighted by molar-refractivity contribution is 0.285. The van der Waals surface area contributed by atoms with Crippen molar-refractivity contribution >= 4 is 17.3 Å². The van der Waals surface area contributed by atoms with Gasteiger partial charge in [-0.05, 0) is 68.6 Å². The van der Waals surface area contributed by atoms with Gasteiger partial charge in [0.05, 0.1) is 17.8 Å². The van der Waals surface area contributed by atoms with Crippen LogP contribution >= 0.6 is 12.2 Å². The molecule has 5 heteroatoms. The molecule has 2 atom stereocenters. The molecule has 1 saturated carbocycles. The normalized spacial score (nSPS) is 23.1. The molecule has 0 unspecified atom stereocenters. The summed E-state index contributed by atoms with van der Waals surface area (Å²) in [5.41, 5.74) is 5.25. The van der Waals surface area contributed by atoms with Crippen LogP contribution in [0.25, 0.3) is 0 Å². The van der Waals surface area contributed by atoms with Gasteiger partial charge in [0.15, 0.2) is 5.11 Å². The van der Waals surface area contributed by atoms with Gasteiger partial charge in [-0.25, -0.2) is 0 Å². The second-order valence-electron chi connectivity index (χ2n) is 9.16. The number of thiocarbonyl (C=S) groups is 1. The van der Waals surface area contributed by atoms with E-state index in [1.54, 1.807) is 0 Å². The number of hydrogen-bond acceptors (Lipinski definition) is 2. The van der Waals surface area contributed by atoms with Gasteiger partial charge in [0, 0.05) is 30.2 Å². The van der Waals surface area contributed by atoms with Crippen LogP contribution in [-0.2, 0) is 0 Å². The summed E-state index contributed by atoms with van der Waals surface area (Å²) < 4.78 is 2.61. The number of nitrogens with one attached hydrogen (secondary N) is 1. The smallest absolute Gasteiger partial charge is 0.170 e. The Morgan fingerprint density at radius 2 is 1.93 bits per heavy atom. The van der Waals surface area contributed by atoms with Crippen LogP contribution in [0, 0.1) is 19.8 Å². The molecule has 1 saturated heterocycles. The van der Waals surface area contributed by atoms with Crippen LogP contribution in [0.5, 0.6) is 0 Å². The number of nitrogens with zero attached hydrogens (tertiary/aromatic N) is 3. The van der Waals surface area contributed by atoms with E-state index in [0.29, 0.717) is 12.0 Å². The van der Waals surface area contributed by atoms with Crippen molar-refractivity contribution in [2.24, 2.45) is 5.92 Å². The number of rotatable bonds is 5. The number of hydrogen-bond donors (Lipinski definition) is 1. The average Bonchev–Trinajstić information content (AvgIpc) is 3.18. The van der Waals surface area contributed by atoms with Crippen molar-refractivity contribution < 1.29 is 0 Å². The highest BCUT2D eigenvalue weighted by Gasteiger charge is 2.41. The second kappa shape index (κ2) is 8.47. The van der Waals surface area contributed by atoms with E-state index in [4.69, 9.17) is 12.2 Å². The largest absolute Gasteiger partial charge is 0.352 e. The molecular formula is C24H34N4S. The molecule has 2 aliphatic rings. The summed E-state index contributed by atoms with van der Waals surface area (Å²) >= 11 is 5.80. The third kappa shape index (κ3) is 3.94. The maximum Gasteiger partial charge on any atom is 0.170 e. The first-order valence-electron chi connectivity index (χ1n) is 11.1. The van der Waals surface area contributed by atoms with Crippen molar-refractivity contribution in [3.8, 4) is 0 Å². The lowest BCUT2D eigenvalue weighted by Crippen LogP contribution is -2.33. The van der Waals surface area contributed by atoms with Crippen LogP contribution in [0.4, 0.5) is 0 Å². The lowest BCUT2D eigenvalue weighted by atomic mass is 9.94. The molecule has 2 aromatic heterocycles. The molecular weight excluding hydrogens is 376 g/mol. The summed E-state index contributed by atoms with van der Waals surface area (Å²) in [6.07, 6.45) is 8.57. The Kier molecular flexibility index (Phi) is 5.95. The fourth-order valence-corrected chi connectivity index (χ4v) is 5.65. The summed E-state index contributed by atoms with van der Waals surface area (Å²) in [7, 11) is 0. The topological polar surface area (TPSA) is 33.1 Å². The first-order valence-corrected chi connectivity index (χ1v) is 11.5. The monoisotopic (exact) mass is 410 g/mol. The Hall–Kier alpha value is -1.88. The van der Waals surface area contributed by atoms with Gasteiger partial charge < -0.3 is 14.8 Å². The van der Waals surface area contributed by atoms with E-state index in [2.05, 4.69) is 65.7 Å². The highest BCUT2D eigenvalue weighted by Crippen LogP contribution is 2.42. The van der Waals surface area contributed by atoms with E-state index in [0.717, 1.165) is 17.4 Å². The maximum absolute atomic E-state index is 5.80. The minimum atomic E-state index is 0.0859. The fraction of sp³-hybridized carbons (Fsp3) is 0.583. The van der Waals surface area contributed by atoms with E-state index >= 15 is 0 Å². The first-order chi connectivity index (χ1) is 14.0. The van der Waals surface area contributed by atoms with Crippen molar-refractivity contribution in [1.29, 1.82) is 0 Å². The average molecular weight is 411 g/mol. The highest BCUT2D eigenvalue weighted by atomic mass is 32.1. The van der Waals surface area contributed by atoms with E-state index in [1.807, 2.05) is 12.3 Å². The summed E-state index contributed by atoms with van der Waals surface area (Å²) in [6.45, 7) is 10.1. The molecule has 2 fully saturated rings. The van der Waals surface area contributed by atoms with Crippen LogP contribution in [0.1, 0.15) is 86.7 Å². The van der Waals surface area contributed by atoms with Gasteiger partial charge in [-0.3, -0.25) is 4.98 Å². The van der Waals surface area contributed by atoms with Gasteiger partial charge in [0.1, 0.15) is 0 Å². The summed E-state index contributed by atoms with van der Waals surface area (Å²) in [5, 5.41) is 4.44. The first kappa shape index (κ1) is 20.4. The van der Waals surface area contributed by atoms with E-state index < -0.39 is 0 Å². The Bertz CT molecular complexity index is 851. The molecule has 0 bridgehead atoms. The molecule has 3 heterocycles. The van der Waals surface area contributed by atoms with Crippen LogP contribution < -0.4 is 5.32 Å². The molecule has 1 N–H and O–H groups in total. The third-order valence-electron chi connectivity index (χ3n) is 6.54. The summed E-state index contributed by atoms with van der Waals surface area (Å²) in [4.78, 5) is 7.07. The molecule has 4 nitrogen and oxygen atoms in total. The van der Waals surface area contributed by atoms with Crippen molar-refractivity contribution in [3.63, 3.8) is 0 Å². The van der Waals surface area contributed by atoms with Crippen molar-refractivity contribution in [1.82, 2.24) is 19.8 Å². The van der Waals surface area contributed by atoms with Crippen LogP contribution in [-0.4, -0.2) is 26.1 Å². The quantitative estimate of drug-likeness (QED) is 0.647. The molecule has 156 valence electrons. The minimum Gasteiger partial charge on any atom is -0.352 e. The molecule has 0 radical (unpaired) electrons. The number of aryl methyl sites for hydroxylation is 1. The zero-order chi connectivity index (χ0) is 20.5. The molecule has 0 amide bonds. The van der Waals surface area contributed by atoms with Gasteiger partial charge in [0.2, 0.25) is 0 Å². The van der Waals surface area contributed by atoms with Gasteiger partial charge in [0.25, 0.3) is 0 Å². The van der Waals surface area contributed by atoms with E-state index in [1.165, 1.54) is 49.1 Å². The van der Waals surface area contributed by atoms with E-state index in [9.17, 15) is 0 Å².